The van der Waals surface area contributed by atoms with Crippen LogP contribution in [0.1, 0.15) is 61.8 Å². The van der Waals surface area contributed by atoms with E-state index in [1.165, 1.54) is 5.57 Å². The van der Waals surface area contributed by atoms with Crippen LogP contribution in [-0.2, 0) is 9.47 Å². The molecular formula is C17H32O3. The highest BCUT2D eigenvalue weighted by molar-refractivity contribution is 5.18. The van der Waals surface area contributed by atoms with Gasteiger partial charge in [0.25, 0.3) is 0 Å². The highest BCUT2D eigenvalue weighted by atomic mass is 16.7. The predicted octanol–water partition coefficient (Wildman–Crippen LogP) is 3.91. The van der Waals surface area contributed by atoms with Crippen molar-refractivity contribution >= 4 is 0 Å². The molecule has 0 radical (unpaired) electrons. The van der Waals surface area contributed by atoms with Crippen LogP contribution in [0.5, 0.6) is 0 Å². The Hall–Kier alpha value is -0.380. The van der Waals surface area contributed by atoms with Gasteiger partial charge >= 0.3 is 0 Å². The average molecular weight is 284 g/mol. The van der Waals surface area contributed by atoms with Crippen molar-refractivity contribution in [1.29, 1.82) is 0 Å². The van der Waals surface area contributed by atoms with Crippen LogP contribution in [0.4, 0.5) is 0 Å². The van der Waals surface area contributed by atoms with E-state index in [1.807, 2.05) is 20.8 Å². The van der Waals surface area contributed by atoms with Crippen LogP contribution in [0, 0.1) is 11.3 Å². The zero-order valence-corrected chi connectivity index (χ0v) is 14.4. The van der Waals surface area contributed by atoms with Gasteiger partial charge in [-0.1, -0.05) is 33.3 Å². The van der Waals surface area contributed by atoms with Gasteiger partial charge in [-0.2, -0.15) is 0 Å². The summed E-state index contributed by atoms with van der Waals surface area (Å²) in [5.74, 6) is 0.264. The van der Waals surface area contributed by atoms with E-state index >= 15 is 0 Å². The van der Waals surface area contributed by atoms with Gasteiger partial charge in [0.1, 0.15) is 0 Å². The van der Waals surface area contributed by atoms with Gasteiger partial charge in [0.15, 0.2) is 6.29 Å². The average Bonchev–Trinajstić information content (AvgIpc) is 2.38. The monoisotopic (exact) mass is 284 g/mol. The van der Waals surface area contributed by atoms with Crippen LogP contribution in [0.2, 0.25) is 0 Å². The zero-order valence-electron chi connectivity index (χ0n) is 14.4. The lowest BCUT2D eigenvalue weighted by Gasteiger charge is -2.49. The molecule has 1 fully saturated rings. The lowest BCUT2D eigenvalue weighted by molar-refractivity contribution is -0.294. The molecule has 0 spiro atoms. The first-order chi connectivity index (χ1) is 9.12. The van der Waals surface area contributed by atoms with Crippen LogP contribution < -0.4 is 0 Å². The summed E-state index contributed by atoms with van der Waals surface area (Å²) in [5, 5.41) is 9.80. The molecule has 1 saturated heterocycles. The Morgan fingerprint density at radius 2 is 1.70 bits per heavy atom. The van der Waals surface area contributed by atoms with Crippen molar-refractivity contribution in [3.63, 3.8) is 0 Å². The summed E-state index contributed by atoms with van der Waals surface area (Å²) in [6, 6.07) is 0. The van der Waals surface area contributed by atoms with Gasteiger partial charge in [-0.25, -0.2) is 0 Å². The molecule has 0 aromatic carbocycles. The summed E-state index contributed by atoms with van der Waals surface area (Å²) in [5.41, 5.74) is 2.23. The fourth-order valence-corrected chi connectivity index (χ4v) is 3.30. The summed E-state index contributed by atoms with van der Waals surface area (Å²) in [6.07, 6.45) is 0.727. The molecule has 3 heteroatoms. The van der Waals surface area contributed by atoms with E-state index in [1.54, 1.807) is 0 Å². The maximum Gasteiger partial charge on any atom is 0.155 e. The Labute approximate surface area is 124 Å². The molecule has 0 amide bonds. The van der Waals surface area contributed by atoms with Crippen molar-refractivity contribution in [2.75, 3.05) is 0 Å². The van der Waals surface area contributed by atoms with Crippen molar-refractivity contribution in [3.05, 3.63) is 11.1 Å². The molecule has 0 aliphatic carbocycles. The van der Waals surface area contributed by atoms with Crippen molar-refractivity contribution in [1.82, 2.24) is 0 Å². The number of ether oxygens (including phenoxy) is 2. The van der Waals surface area contributed by atoms with Gasteiger partial charge in [-0.15, -0.1) is 0 Å². The third-order valence-electron chi connectivity index (χ3n) is 5.01. The summed E-state index contributed by atoms with van der Waals surface area (Å²) in [7, 11) is 0. The topological polar surface area (TPSA) is 38.7 Å². The van der Waals surface area contributed by atoms with E-state index < -0.39 is 6.10 Å². The van der Waals surface area contributed by atoms with E-state index in [2.05, 4.69) is 34.6 Å². The first-order valence-electron chi connectivity index (χ1n) is 7.79. The molecule has 5 atom stereocenters. The molecule has 1 aliphatic heterocycles. The third kappa shape index (κ3) is 3.44. The molecule has 1 N–H and O–H groups in total. The van der Waals surface area contributed by atoms with Crippen LogP contribution in [0.25, 0.3) is 0 Å². The van der Waals surface area contributed by atoms with Crippen LogP contribution in [0.15, 0.2) is 11.1 Å². The highest BCUT2D eigenvalue weighted by Gasteiger charge is 2.46. The lowest BCUT2D eigenvalue weighted by Crippen LogP contribution is -2.53. The van der Waals surface area contributed by atoms with E-state index in [9.17, 15) is 5.11 Å². The van der Waals surface area contributed by atoms with E-state index in [-0.39, 0.29) is 29.8 Å². The van der Waals surface area contributed by atoms with E-state index in [0.717, 1.165) is 12.0 Å². The number of aliphatic hydroxyl groups excluding tert-OH is 1. The lowest BCUT2D eigenvalue weighted by atomic mass is 9.71. The molecular weight excluding hydrogens is 252 g/mol. The Morgan fingerprint density at radius 3 is 2.15 bits per heavy atom. The second kappa shape index (κ2) is 6.59. The SMILES string of the molecule is CC[C@@H]1OC(C)O[C@@H]([C@@H](C)/C(C)=C(\C)C(C)O)C1(C)C. The minimum absolute atomic E-state index is 0.0408. The Morgan fingerprint density at radius 1 is 1.15 bits per heavy atom. The first kappa shape index (κ1) is 17.7. The first-order valence-corrected chi connectivity index (χ1v) is 7.79. The van der Waals surface area contributed by atoms with Crippen molar-refractivity contribution < 1.29 is 14.6 Å². The molecule has 0 saturated carbocycles. The molecule has 0 bridgehead atoms. The van der Waals surface area contributed by atoms with Gasteiger partial charge in [0.05, 0.1) is 18.3 Å². The van der Waals surface area contributed by atoms with Gasteiger partial charge < -0.3 is 14.6 Å². The summed E-state index contributed by atoms with van der Waals surface area (Å²) in [4.78, 5) is 0. The van der Waals surface area contributed by atoms with Crippen LogP contribution >= 0.6 is 0 Å². The number of hydrogen-bond acceptors (Lipinski definition) is 3. The molecule has 0 aromatic rings. The molecule has 118 valence electrons. The molecule has 1 heterocycles. The molecule has 2 unspecified atom stereocenters. The van der Waals surface area contributed by atoms with Gasteiger partial charge in [0, 0.05) is 11.3 Å². The van der Waals surface area contributed by atoms with Crippen molar-refractivity contribution in [2.45, 2.75) is 86.4 Å². The highest BCUT2D eigenvalue weighted by Crippen LogP contribution is 2.43. The van der Waals surface area contributed by atoms with Crippen LogP contribution in [-0.4, -0.2) is 29.7 Å². The molecule has 0 aromatic heterocycles. The molecule has 20 heavy (non-hydrogen) atoms. The van der Waals surface area contributed by atoms with Gasteiger partial charge in [0.2, 0.25) is 0 Å². The normalized spacial score (nSPS) is 34.4. The van der Waals surface area contributed by atoms with Crippen LogP contribution in [0.3, 0.4) is 0 Å². The second-order valence-electron chi connectivity index (χ2n) is 6.81. The fourth-order valence-electron chi connectivity index (χ4n) is 3.30. The second-order valence-corrected chi connectivity index (χ2v) is 6.81. The largest absolute Gasteiger partial charge is 0.389 e. The van der Waals surface area contributed by atoms with E-state index in [4.69, 9.17) is 9.47 Å². The smallest absolute Gasteiger partial charge is 0.155 e. The Kier molecular flexibility index (Phi) is 5.82. The number of aliphatic hydroxyl groups is 1. The third-order valence-corrected chi connectivity index (χ3v) is 5.01. The van der Waals surface area contributed by atoms with Gasteiger partial charge in [-0.3, -0.25) is 0 Å². The maximum absolute atomic E-state index is 9.80. The zero-order chi connectivity index (χ0) is 15.7. The van der Waals surface area contributed by atoms with Crippen molar-refractivity contribution in [2.24, 2.45) is 11.3 Å². The Bertz CT molecular complexity index is 357. The van der Waals surface area contributed by atoms with E-state index in [0.29, 0.717) is 0 Å². The number of rotatable bonds is 4. The quantitative estimate of drug-likeness (QED) is 0.796. The standard InChI is InChI=1S/C17H32O3/c1-9-15-17(7,8)16(20-14(6)19-15)12(4)10(2)11(3)13(5)18/h12-16,18H,9H2,1-8H3/b11-10+/t12-,13?,14?,15-,16-/m0/s1. The predicted molar refractivity (Wildman–Crippen MR) is 82.5 cm³/mol. The summed E-state index contributed by atoms with van der Waals surface area (Å²) < 4.78 is 12.0. The van der Waals surface area contributed by atoms with Crippen molar-refractivity contribution in [3.8, 4) is 0 Å². The number of hydrogen-bond donors (Lipinski definition) is 1. The minimum atomic E-state index is -0.403. The molecule has 3 nitrogen and oxygen atoms in total. The minimum Gasteiger partial charge on any atom is -0.389 e. The van der Waals surface area contributed by atoms with Gasteiger partial charge in [-0.05, 0) is 39.7 Å². The summed E-state index contributed by atoms with van der Waals surface area (Å²) >= 11 is 0. The summed E-state index contributed by atoms with van der Waals surface area (Å²) in [6.45, 7) is 16.7. The fraction of sp³-hybridized carbons (Fsp3) is 0.882. The molecule has 1 rings (SSSR count). The maximum atomic E-state index is 9.80. The Balaban J connectivity index is 3.06. The molecule has 1 aliphatic rings.